The summed E-state index contributed by atoms with van der Waals surface area (Å²) in [5, 5.41) is 12.8. The molecule has 0 aromatic heterocycles. The van der Waals surface area contributed by atoms with Gasteiger partial charge in [0.1, 0.15) is 29.7 Å². The predicted molar refractivity (Wildman–Crippen MR) is 116 cm³/mol. The Balaban J connectivity index is 0.00000240. The van der Waals surface area contributed by atoms with Crippen molar-refractivity contribution in [3.8, 4) is 6.07 Å². The lowest BCUT2D eigenvalue weighted by molar-refractivity contribution is -0.126. The van der Waals surface area contributed by atoms with Crippen molar-refractivity contribution in [3.63, 3.8) is 0 Å². The van der Waals surface area contributed by atoms with Crippen LogP contribution >= 0.6 is 7.26 Å². The van der Waals surface area contributed by atoms with Crippen LogP contribution < -0.4 is 32.9 Å². The Morgan fingerprint density at radius 3 is 1.62 bits per heavy atom. The van der Waals surface area contributed by atoms with E-state index in [-0.39, 0.29) is 35.1 Å². The summed E-state index contributed by atoms with van der Waals surface area (Å²) in [5.41, 5.74) is -0.145. The highest BCUT2D eigenvalue weighted by atomic mass is 79.9. The van der Waals surface area contributed by atoms with Crippen molar-refractivity contribution in [3.05, 3.63) is 91.0 Å². The number of likely N-dealkylation sites (tertiary alicyclic amines) is 1. The molecule has 1 saturated heterocycles. The van der Waals surface area contributed by atoms with Gasteiger partial charge in [0, 0.05) is 13.0 Å². The molecule has 1 heterocycles. The van der Waals surface area contributed by atoms with Crippen LogP contribution in [0.3, 0.4) is 0 Å². The molecule has 0 unspecified atom stereocenters. The van der Waals surface area contributed by atoms with Gasteiger partial charge in [-0.3, -0.25) is 4.79 Å². The monoisotopic (exact) mass is 464 g/mol. The van der Waals surface area contributed by atoms with Crippen LogP contribution in [0.2, 0.25) is 0 Å². The third kappa shape index (κ3) is 3.73. The number of benzene rings is 3. The van der Waals surface area contributed by atoms with Crippen molar-refractivity contribution in [2.45, 2.75) is 12.1 Å². The van der Waals surface area contributed by atoms with Gasteiger partial charge in [-0.2, -0.15) is 5.26 Å². The lowest BCUT2D eigenvalue weighted by Gasteiger charge is -2.31. The second kappa shape index (κ2) is 9.35. The van der Waals surface area contributed by atoms with Crippen LogP contribution in [0.5, 0.6) is 0 Å². The van der Waals surface area contributed by atoms with Crippen LogP contribution in [0.4, 0.5) is 0 Å². The Morgan fingerprint density at radius 1 is 0.828 bits per heavy atom. The first-order valence-electron chi connectivity index (χ1n) is 9.50. The largest absolute Gasteiger partial charge is 1.00 e. The molecule has 1 fully saturated rings. The maximum absolute atomic E-state index is 13.5. The summed E-state index contributed by atoms with van der Waals surface area (Å²) >= 11 is 0. The molecule has 5 heteroatoms. The highest BCUT2D eigenvalue weighted by Crippen LogP contribution is 2.62. The molecule has 1 amide bonds. The fourth-order valence-corrected chi connectivity index (χ4v) is 9.20. The quantitative estimate of drug-likeness (QED) is 0.397. The minimum atomic E-state index is -2.22. The number of hydrogen-bond donors (Lipinski definition) is 0. The topological polar surface area (TPSA) is 44.1 Å². The third-order valence-electron chi connectivity index (χ3n) is 5.49. The number of hydrogen-bond acceptors (Lipinski definition) is 2. The standard InChI is InChI=1S/C24H22N2OP.BrH/c25-17-19-26-18-16-23(24(26)27)28(20-10-4-1-5-11-20,21-12-6-2-7-13-21)22-14-8-3-9-15-22;/h1-15,23H,16,18-19H2;1H/q+1;/p-1/t23-;/m1./s1. The second-order valence-electron chi connectivity index (χ2n) is 6.95. The minimum Gasteiger partial charge on any atom is -1.00 e. The van der Waals surface area contributed by atoms with E-state index in [2.05, 4.69) is 78.9 Å². The zero-order chi connectivity index (χ0) is 19.4. The maximum atomic E-state index is 13.5. The molecule has 29 heavy (non-hydrogen) atoms. The van der Waals surface area contributed by atoms with Crippen molar-refractivity contribution in [1.29, 1.82) is 5.26 Å². The van der Waals surface area contributed by atoms with Crippen molar-refractivity contribution in [1.82, 2.24) is 4.90 Å². The first-order chi connectivity index (χ1) is 13.8. The van der Waals surface area contributed by atoms with E-state index in [9.17, 15) is 4.79 Å². The average molecular weight is 465 g/mol. The molecule has 3 aromatic carbocycles. The number of halogens is 1. The fraction of sp³-hybridized carbons (Fsp3) is 0.167. The Labute approximate surface area is 183 Å². The number of nitriles is 1. The van der Waals surface area contributed by atoms with E-state index in [1.165, 1.54) is 15.9 Å². The molecular formula is C24H22BrN2OP. The van der Waals surface area contributed by atoms with Crippen LogP contribution in [-0.4, -0.2) is 29.6 Å². The predicted octanol–water partition coefficient (Wildman–Crippen LogP) is 0.109. The van der Waals surface area contributed by atoms with Gasteiger partial charge in [0.2, 0.25) is 0 Å². The summed E-state index contributed by atoms with van der Waals surface area (Å²) in [4.78, 5) is 15.2. The van der Waals surface area contributed by atoms with E-state index < -0.39 is 7.26 Å². The van der Waals surface area contributed by atoms with Gasteiger partial charge in [-0.05, 0) is 36.4 Å². The highest BCUT2D eigenvalue weighted by molar-refractivity contribution is 7.96. The van der Waals surface area contributed by atoms with Crippen molar-refractivity contribution in [2.75, 3.05) is 13.1 Å². The fourth-order valence-electron chi connectivity index (χ4n) is 4.30. The zero-order valence-corrected chi connectivity index (χ0v) is 18.5. The Bertz CT molecular complexity index is 893. The van der Waals surface area contributed by atoms with Gasteiger partial charge in [-0.15, -0.1) is 0 Å². The van der Waals surface area contributed by atoms with Crippen LogP contribution in [0.1, 0.15) is 6.42 Å². The van der Waals surface area contributed by atoms with Gasteiger partial charge in [-0.1, -0.05) is 54.6 Å². The van der Waals surface area contributed by atoms with E-state index in [0.29, 0.717) is 6.54 Å². The second-order valence-corrected chi connectivity index (χ2v) is 10.6. The number of rotatable bonds is 5. The maximum Gasteiger partial charge on any atom is 0.265 e. The van der Waals surface area contributed by atoms with Gasteiger partial charge in [-0.25, -0.2) is 0 Å². The van der Waals surface area contributed by atoms with E-state index in [1.54, 1.807) is 4.90 Å². The lowest BCUT2D eigenvalue weighted by atomic mass is 10.3. The zero-order valence-electron chi connectivity index (χ0n) is 16.0. The van der Waals surface area contributed by atoms with Gasteiger partial charge in [0.05, 0.1) is 6.07 Å². The number of carbonyl (C=O) groups is 1. The molecule has 1 atom stereocenters. The number of carbonyl (C=O) groups excluding carboxylic acids is 1. The number of nitrogens with zero attached hydrogens (tertiary/aromatic N) is 2. The molecule has 0 bridgehead atoms. The molecule has 1 aliphatic heterocycles. The summed E-state index contributed by atoms with van der Waals surface area (Å²) in [6.45, 7) is 0.805. The molecule has 0 spiro atoms. The highest BCUT2D eigenvalue weighted by Gasteiger charge is 2.58. The Kier molecular flexibility index (Phi) is 6.85. The Hall–Kier alpha value is -2.47. The van der Waals surface area contributed by atoms with Crippen molar-refractivity contribution in [2.24, 2.45) is 0 Å². The van der Waals surface area contributed by atoms with Crippen LogP contribution in [0.15, 0.2) is 91.0 Å². The summed E-state index contributed by atoms with van der Waals surface area (Å²) in [6, 6.07) is 33.5. The molecular weight excluding hydrogens is 443 g/mol. The number of amides is 1. The molecule has 146 valence electrons. The summed E-state index contributed by atoms with van der Waals surface area (Å²) in [7, 11) is -2.22. The summed E-state index contributed by atoms with van der Waals surface area (Å²) in [5.74, 6) is 0.103. The van der Waals surface area contributed by atoms with Crippen molar-refractivity contribution >= 4 is 29.1 Å². The van der Waals surface area contributed by atoms with Crippen molar-refractivity contribution < 1.29 is 21.8 Å². The third-order valence-corrected chi connectivity index (χ3v) is 10.2. The molecule has 4 rings (SSSR count). The summed E-state index contributed by atoms with van der Waals surface area (Å²) in [6.07, 6.45) is 0.771. The molecule has 3 aromatic rings. The average Bonchev–Trinajstić information content (AvgIpc) is 3.12. The smallest absolute Gasteiger partial charge is 0.265 e. The molecule has 1 aliphatic rings. The van der Waals surface area contributed by atoms with Crippen LogP contribution in [0, 0.1) is 11.3 Å². The molecule has 0 N–H and O–H groups in total. The van der Waals surface area contributed by atoms with Gasteiger partial charge in [0.15, 0.2) is 5.66 Å². The van der Waals surface area contributed by atoms with E-state index in [1.807, 2.05) is 18.2 Å². The lowest BCUT2D eigenvalue weighted by Crippen LogP contribution is -3.00. The molecule has 0 saturated carbocycles. The first kappa shape index (κ1) is 21.2. The Morgan fingerprint density at radius 2 is 1.24 bits per heavy atom. The van der Waals surface area contributed by atoms with Crippen LogP contribution in [0.25, 0.3) is 0 Å². The summed E-state index contributed by atoms with van der Waals surface area (Å²) < 4.78 is 0. The SMILES string of the molecule is N#CCN1CC[C@@H]([P+](c2ccccc2)(c2ccccc2)c2ccccc2)C1=O.[Br-]. The van der Waals surface area contributed by atoms with Crippen LogP contribution in [-0.2, 0) is 4.79 Å². The van der Waals surface area contributed by atoms with Gasteiger partial charge < -0.3 is 21.9 Å². The molecule has 0 radical (unpaired) electrons. The normalized spacial score (nSPS) is 16.2. The minimum absolute atomic E-state index is 0. The molecule has 0 aliphatic carbocycles. The van der Waals surface area contributed by atoms with Gasteiger partial charge in [0.25, 0.3) is 5.91 Å². The first-order valence-corrected chi connectivity index (χ1v) is 11.4. The van der Waals surface area contributed by atoms with Gasteiger partial charge >= 0.3 is 0 Å². The van der Waals surface area contributed by atoms with E-state index >= 15 is 0 Å². The van der Waals surface area contributed by atoms with E-state index in [4.69, 9.17) is 5.26 Å². The van der Waals surface area contributed by atoms with E-state index in [0.717, 1.165) is 6.42 Å². The molecule has 3 nitrogen and oxygen atoms in total.